The molecule has 8 nitrogen and oxygen atoms in total. The molecule has 0 heterocycles. The van der Waals surface area contributed by atoms with Gasteiger partial charge in [-0.25, -0.2) is 18.2 Å². The van der Waals surface area contributed by atoms with E-state index < -0.39 is 12.2 Å². The molecule has 104 valence electrons. The predicted octanol–water partition coefficient (Wildman–Crippen LogP) is 1.52. The number of thioether (sulfide) groups is 1. The second kappa shape index (κ2) is 8.89. The lowest BCUT2D eigenvalue weighted by Gasteiger charge is -2.19. The number of oxime groups is 1. The monoisotopic (exact) mass is 296 g/mol. The third-order valence-electron chi connectivity index (χ3n) is 1.50. The Morgan fingerprint density at radius 1 is 1.22 bits per heavy atom. The number of carbonyl (C=O) groups excluding carboxylic acids is 2. The van der Waals surface area contributed by atoms with Crippen molar-refractivity contribution < 1.29 is 19.3 Å². The fourth-order valence-electron chi connectivity index (χ4n) is 0.600. The molecule has 1 N–H and O–H groups in total. The van der Waals surface area contributed by atoms with Gasteiger partial charge in [-0.15, -0.1) is 11.8 Å². The van der Waals surface area contributed by atoms with E-state index in [2.05, 4.69) is 20.3 Å². The van der Waals surface area contributed by atoms with Gasteiger partial charge in [0.25, 0.3) is 0 Å². The van der Waals surface area contributed by atoms with Crippen LogP contribution in [0.25, 0.3) is 0 Å². The van der Waals surface area contributed by atoms with E-state index >= 15 is 0 Å². The Morgan fingerprint density at radius 3 is 2.28 bits per heavy atom. The molecule has 0 spiro atoms. The van der Waals surface area contributed by atoms with Gasteiger partial charge in [-0.2, -0.15) is 5.48 Å². The van der Waals surface area contributed by atoms with Crippen LogP contribution in [0.15, 0.2) is 5.16 Å². The zero-order valence-electron chi connectivity index (χ0n) is 10.8. The summed E-state index contributed by atoms with van der Waals surface area (Å²) >= 11 is 2.18. The van der Waals surface area contributed by atoms with Gasteiger partial charge in [0.2, 0.25) is 0 Å². The van der Waals surface area contributed by atoms with Crippen molar-refractivity contribution in [3.63, 3.8) is 0 Å². The van der Waals surface area contributed by atoms with Gasteiger partial charge in [0.15, 0.2) is 0 Å². The minimum Gasteiger partial charge on any atom is -0.353 e. The molecule has 0 aliphatic carbocycles. The lowest BCUT2D eigenvalue weighted by Crippen LogP contribution is -2.31. The molecule has 10 heteroatoms. The molecule has 18 heavy (non-hydrogen) atoms. The zero-order chi connectivity index (χ0) is 14.1. The summed E-state index contributed by atoms with van der Waals surface area (Å²) in [4.78, 5) is 31.8. The van der Waals surface area contributed by atoms with Crippen molar-refractivity contribution in [3.05, 3.63) is 0 Å². The molecule has 0 rings (SSSR count). The van der Waals surface area contributed by atoms with Gasteiger partial charge in [0, 0.05) is 21.1 Å². The van der Waals surface area contributed by atoms with Crippen LogP contribution >= 0.6 is 23.9 Å². The predicted molar refractivity (Wildman–Crippen MR) is 71.8 cm³/mol. The number of rotatable bonds is 4. The largest absolute Gasteiger partial charge is 0.447 e. The van der Waals surface area contributed by atoms with Crippen LogP contribution in [0.5, 0.6) is 0 Å². The third kappa shape index (κ3) is 6.57. The van der Waals surface area contributed by atoms with Gasteiger partial charge in [-0.1, -0.05) is 5.16 Å². The van der Waals surface area contributed by atoms with Gasteiger partial charge >= 0.3 is 12.2 Å². The van der Waals surface area contributed by atoms with Gasteiger partial charge in [0.05, 0.1) is 12.1 Å². The van der Waals surface area contributed by atoms with Crippen molar-refractivity contribution in [2.24, 2.45) is 5.16 Å². The lowest BCUT2D eigenvalue weighted by atomic mass is 10.9. The Kier molecular flexibility index (Phi) is 8.33. The summed E-state index contributed by atoms with van der Waals surface area (Å²) in [5, 5.41) is 4.20. The van der Waals surface area contributed by atoms with Crippen molar-refractivity contribution in [3.8, 4) is 0 Å². The SMILES string of the molecule is CNOC(=O)N(C)SN(C)C(=O)O/N=C(\C)SC. The fourth-order valence-corrected chi connectivity index (χ4v) is 1.28. The van der Waals surface area contributed by atoms with Gasteiger partial charge in [-0.3, -0.25) is 4.84 Å². The molecule has 0 aliphatic rings. The number of hydroxylamine groups is 1. The summed E-state index contributed by atoms with van der Waals surface area (Å²) in [7, 11) is 4.35. The maximum absolute atomic E-state index is 11.5. The molecule has 0 saturated carbocycles. The summed E-state index contributed by atoms with van der Waals surface area (Å²) in [5.41, 5.74) is 2.23. The van der Waals surface area contributed by atoms with Crippen molar-refractivity contribution in [2.75, 3.05) is 27.4 Å². The third-order valence-corrected chi connectivity index (χ3v) is 2.95. The van der Waals surface area contributed by atoms with Gasteiger partial charge < -0.3 is 4.84 Å². The molecule has 0 atom stereocenters. The first-order valence-corrected chi connectivity index (χ1v) is 6.70. The molecule has 0 aromatic rings. The maximum atomic E-state index is 11.5. The second-order valence-electron chi connectivity index (χ2n) is 2.82. The second-order valence-corrected chi connectivity index (χ2v) is 5.08. The van der Waals surface area contributed by atoms with Crippen LogP contribution in [0.2, 0.25) is 0 Å². The van der Waals surface area contributed by atoms with Gasteiger partial charge in [-0.05, 0) is 13.2 Å². The molecule has 2 amide bonds. The molecule has 0 aromatic heterocycles. The van der Waals surface area contributed by atoms with E-state index in [0.717, 1.165) is 20.7 Å². The average molecular weight is 296 g/mol. The van der Waals surface area contributed by atoms with Crippen LogP contribution < -0.4 is 5.48 Å². The quantitative estimate of drug-likeness (QED) is 0.277. The number of nitrogens with zero attached hydrogens (tertiary/aromatic N) is 3. The van der Waals surface area contributed by atoms with Crippen LogP contribution in [-0.4, -0.2) is 53.2 Å². The lowest BCUT2D eigenvalue weighted by molar-refractivity contribution is 0.0895. The van der Waals surface area contributed by atoms with E-state index in [1.807, 2.05) is 6.26 Å². The number of nitrogens with one attached hydrogen (secondary N) is 1. The van der Waals surface area contributed by atoms with Crippen molar-refractivity contribution in [2.45, 2.75) is 6.92 Å². The van der Waals surface area contributed by atoms with Crippen LogP contribution in [0.1, 0.15) is 6.92 Å². The van der Waals surface area contributed by atoms with Crippen molar-refractivity contribution >= 4 is 41.1 Å². The summed E-state index contributed by atoms with van der Waals surface area (Å²) in [5.74, 6) is 0. The normalized spacial score (nSPS) is 10.8. The Labute approximate surface area is 114 Å². The molecular formula is C8H16N4O4S2. The van der Waals surface area contributed by atoms with E-state index in [1.54, 1.807) is 6.92 Å². The summed E-state index contributed by atoms with van der Waals surface area (Å²) in [6, 6.07) is 0. The highest BCUT2D eigenvalue weighted by molar-refractivity contribution is 8.13. The molecule has 0 fully saturated rings. The smallest absolute Gasteiger partial charge is 0.353 e. The number of amides is 2. The van der Waals surface area contributed by atoms with E-state index in [4.69, 9.17) is 0 Å². The molecule has 0 aliphatic heterocycles. The topological polar surface area (TPSA) is 83.5 Å². The van der Waals surface area contributed by atoms with E-state index in [0.29, 0.717) is 5.04 Å². The highest BCUT2D eigenvalue weighted by Gasteiger charge is 2.18. The van der Waals surface area contributed by atoms with Crippen molar-refractivity contribution in [1.29, 1.82) is 0 Å². The first-order valence-electron chi connectivity index (χ1n) is 4.75. The van der Waals surface area contributed by atoms with Crippen LogP contribution in [0, 0.1) is 0 Å². The number of carbonyl (C=O) groups is 2. The Morgan fingerprint density at radius 2 is 1.78 bits per heavy atom. The Balaban J connectivity index is 4.19. The molecule has 0 saturated heterocycles. The molecule has 0 bridgehead atoms. The number of hydrogen-bond acceptors (Lipinski definition) is 8. The zero-order valence-corrected chi connectivity index (χ0v) is 12.4. The number of hydrogen-bond donors (Lipinski definition) is 1. The van der Waals surface area contributed by atoms with Crippen LogP contribution in [0.3, 0.4) is 0 Å². The van der Waals surface area contributed by atoms with E-state index in [1.165, 1.54) is 32.9 Å². The standard InChI is InChI=1S/C8H16N4O4S2/c1-6(17-5)10-16-8(14)12(4)18-11(3)7(13)15-9-2/h9H,1-5H3/b10-6+. The average Bonchev–Trinajstić information content (AvgIpc) is 2.35. The first kappa shape index (κ1) is 16.9. The summed E-state index contributed by atoms with van der Waals surface area (Å²) in [6.45, 7) is 1.71. The molecule has 0 radical (unpaired) electrons. The summed E-state index contributed by atoms with van der Waals surface area (Å²) < 4.78 is 2.22. The minimum atomic E-state index is -0.697. The Hall–Kier alpha value is -1.13. The van der Waals surface area contributed by atoms with Crippen molar-refractivity contribution in [1.82, 2.24) is 14.1 Å². The molecular weight excluding hydrogens is 280 g/mol. The summed E-state index contributed by atoms with van der Waals surface area (Å²) in [6.07, 6.45) is 0.468. The molecule has 0 unspecified atom stereocenters. The Bertz CT molecular complexity index is 326. The van der Waals surface area contributed by atoms with Crippen LogP contribution in [0.4, 0.5) is 9.59 Å². The highest BCUT2D eigenvalue weighted by Crippen LogP contribution is 2.14. The maximum Gasteiger partial charge on any atom is 0.447 e. The van der Waals surface area contributed by atoms with E-state index in [9.17, 15) is 9.59 Å². The highest BCUT2D eigenvalue weighted by atomic mass is 32.2. The first-order chi connectivity index (χ1) is 8.42. The van der Waals surface area contributed by atoms with Crippen LogP contribution in [-0.2, 0) is 9.68 Å². The van der Waals surface area contributed by atoms with Gasteiger partial charge in [0.1, 0.15) is 5.04 Å². The van der Waals surface area contributed by atoms with E-state index in [-0.39, 0.29) is 0 Å². The minimum absolute atomic E-state index is 0.615. The molecule has 0 aromatic carbocycles. The fraction of sp³-hybridized carbons (Fsp3) is 0.625.